The second-order valence-corrected chi connectivity index (χ2v) is 7.68. The van der Waals surface area contributed by atoms with Crippen molar-refractivity contribution >= 4 is 23.6 Å². The van der Waals surface area contributed by atoms with Crippen LogP contribution in [0.3, 0.4) is 0 Å². The first-order valence-electron chi connectivity index (χ1n) is 9.63. The molecule has 2 N–H and O–H groups in total. The molecule has 6 nitrogen and oxygen atoms in total. The molecule has 7 heteroatoms. The van der Waals surface area contributed by atoms with Crippen molar-refractivity contribution in [1.82, 2.24) is 10.9 Å². The van der Waals surface area contributed by atoms with Crippen LogP contribution in [0, 0.1) is 11.3 Å². The van der Waals surface area contributed by atoms with Gasteiger partial charge < -0.3 is 4.74 Å². The minimum Gasteiger partial charge on any atom is -0.484 e. The smallest absolute Gasteiger partial charge is 0.276 e. The molecule has 0 radical (unpaired) electrons. The molecular weight excluding hydrogens is 410 g/mol. The van der Waals surface area contributed by atoms with Gasteiger partial charge in [0, 0.05) is 17.1 Å². The number of nitrogens with one attached hydrogen (secondary N) is 2. The second-order valence-electron chi connectivity index (χ2n) is 6.51. The van der Waals surface area contributed by atoms with E-state index < -0.39 is 5.91 Å². The lowest BCUT2D eigenvalue weighted by Gasteiger charge is -2.09. The largest absolute Gasteiger partial charge is 0.484 e. The van der Waals surface area contributed by atoms with Gasteiger partial charge in [0.1, 0.15) is 5.75 Å². The van der Waals surface area contributed by atoms with E-state index in [1.165, 1.54) is 0 Å². The number of ether oxygens (including phenoxy) is 1. The Kier molecular flexibility index (Phi) is 8.09. The molecule has 3 aromatic carbocycles. The van der Waals surface area contributed by atoms with Crippen molar-refractivity contribution in [3.8, 4) is 22.9 Å². The Morgan fingerprint density at radius 1 is 0.839 bits per heavy atom. The molecule has 0 spiro atoms. The number of carbonyl (C=O) groups is 2. The number of hydrogen-bond donors (Lipinski definition) is 2. The first kappa shape index (κ1) is 21.9. The molecule has 31 heavy (non-hydrogen) atoms. The number of amides is 2. The zero-order chi connectivity index (χ0) is 21.9. The summed E-state index contributed by atoms with van der Waals surface area (Å²) in [4.78, 5) is 24.8. The lowest BCUT2D eigenvalue weighted by atomic mass is 10.0. The highest BCUT2D eigenvalue weighted by molar-refractivity contribution is 7.99. The maximum absolute atomic E-state index is 11.9. The average Bonchev–Trinajstić information content (AvgIpc) is 2.82. The maximum Gasteiger partial charge on any atom is 0.276 e. The number of hydrazine groups is 1. The summed E-state index contributed by atoms with van der Waals surface area (Å²) >= 11 is 1.58. The van der Waals surface area contributed by atoms with E-state index in [9.17, 15) is 9.59 Å². The molecule has 0 heterocycles. The summed E-state index contributed by atoms with van der Waals surface area (Å²) in [6, 6.07) is 26.5. The molecule has 0 unspecified atom stereocenters. The van der Waals surface area contributed by atoms with Crippen LogP contribution in [0.5, 0.6) is 5.75 Å². The Morgan fingerprint density at radius 2 is 1.45 bits per heavy atom. The fourth-order valence-electron chi connectivity index (χ4n) is 2.65. The molecule has 0 fully saturated rings. The van der Waals surface area contributed by atoms with Crippen LogP contribution < -0.4 is 15.6 Å². The van der Waals surface area contributed by atoms with E-state index in [2.05, 4.69) is 16.9 Å². The van der Waals surface area contributed by atoms with Gasteiger partial charge in [-0.15, -0.1) is 11.8 Å². The van der Waals surface area contributed by atoms with Gasteiger partial charge >= 0.3 is 0 Å². The molecule has 0 aromatic heterocycles. The van der Waals surface area contributed by atoms with Gasteiger partial charge in [-0.25, -0.2) is 0 Å². The van der Waals surface area contributed by atoms with Gasteiger partial charge in [-0.3, -0.25) is 20.4 Å². The maximum atomic E-state index is 11.9. The Balaban J connectivity index is 1.36. The SMILES string of the molecule is N#Cc1ccc(-c2ccc(OCC(=O)NNC(=O)CCSc3ccccc3)cc2)cc1. The Bertz CT molecular complexity index is 1050. The molecule has 0 aliphatic heterocycles. The third-order valence-corrected chi connectivity index (χ3v) is 5.27. The van der Waals surface area contributed by atoms with Gasteiger partial charge in [0.2, 0.25) is 5.91 Å². The highest BCUT2D eigenvalue weighted by atomic mass is 32.2. The quantitative estimate of drug-likeness (QED) is 0.416. The van der Waals surface area contributed by atoms with E-state index in [0.29, 0.717) is 17.1 Å². The molecule has 0 saturated heterocycles. The number of hydrogen-bond acceptors (Lipinski definition) is 5. The van der Waals surface area contributed by atoms with Crippen LogP contribution in [0.2, 0.25) is 0 Å². The van der Waals surface area contributed by atoms with Crippen LogP contribution >= 0.6 is 11.8 Å². The van der Waals surface area contributed by atoms with Crippen molar-refractivity contribution in [3.63, 3.8) is 0 Å². The van der Waals surface area contributed by atoms with Crippen LogP contribution in [0.4, 0.5) is 0 Å². The fourth-order valence-corrected chi connectivity index (χ4v) is 3.52. The van der Waals surface area contributed by atoms with Crippen LogP contribution in [0.1, 0.15) is 12.0 Å². The van der Waals surface area contributed by atoms with Crippen molar-refractivity contribution in [2.75, 3.05) is 12.4 Å². The molecule has 156 valence electrons. The predicted octanol–water partition coefficient (Wildman–Crippen LogP) is 3.93. The summed E-state index contributed by atoms with van der Waals surface area (Å²) in [6.45, 7) is -0.213. The molecule has 3 aromatic rings. The van der Waals surface area contributed by atoms with E-state index in [1.807, 2.05) is 54.6 Å². The van der Waals surface area contributed by atoms with Crippen molar-refractivity contribution in [2.45, 2.75) is 11.3 Å². The zero-order valence-corrected chi connectivity index (χ0v) is 17.5. The molecule has 2 amide bonds. The Labute approximate surface area is 185 Å². The number of benzene rings is 3. The molecule has 0 aliphatic carbocycles. The summed E-state index contributed by atoms with van der Waals surface area (Å²) in [7, 11) is 0. The van der Waals surface area contributed by atoms with Crippen molar-refractivity contribution in [2.24, 2.45) is 0 Å². The average molecular weight is 432 g/mol. The highest BCUT2D eigenvalue weighted by Gasteiger charge is 2.07. The van der Waals surface area contributed by atoms with E-state index in [4.69, 9.17) is 10.00 Å². The monoisotopic (exact) mass is 431 g/mol. The van der Waals surface area contributed by atoms with Gasteiger partial charge in [-0.2, -0.15) is 5.26 Å². The van der Waals surface area contributed by atoms with Crippen LogP contribution in [0.15, 0.2) is 83.8 Å². The van der Waals surface area contributed by atoms with Gasteiger partial charge in [-0.05, 0) is 47.5 Å². The van der Waals surface area contributed by atoms with E-state index in [1.54, 1.807) is 36.0 Å². The van der Waals surface area contributed by atoms with Crippen LogP contribution in [-0.4, -0.2) is 24.2 Å². The summed E-state index contributed by atoms with van der Waals surface area (Å²) in [5, 5.41) is 8.87. The molecular formula is C24H21N3O3S. The molecule has 0 aliphatic rings. The second kappa shape index (κ2) is 11.4. The molecule has 0 bridgehead atoms. The van der Waals surface area contributed by atoms with Gasteiger partial charge in [0.15, 0.2) is 6.61 Å². The van der Waals surface area contributed by atoms with Crippen molar-refractivity contribution in [1.29, 1.82) is 5.26 Å². The summed E-state index contributed by atoms with van der Waals surface area (Å²) in [5.74, 6) is 0.454. The van der Waals surface area contributed by atoms with E-state index in [0.717, 1.165) is 16.0 Å². The summed E-state index contributed by atoms with van der Waals surface area (Å²) in [6.07, 6.45) is 0.289. The third-order valence-electron chi connectivity index (χ3n) is 4.25. The predicted molar refractivity (Wildman–Crippen MR) is 120 cm³/mol. The number of carbonyl (C=O) groups excluding carboxylic acids is 2. The first-order valence-corrected chi connectivity index (χ1v) is 10.6. The lowest BCUT2D eigenvalue weighted by Crippen LogP contribution is -2.43. The number of thioether (sulfide) groups is 1. The molecule has 3 rings (SSSR count). The van der Waals surface area contributed by atoms with E-state index in [-0.39, 0.29) is 18.9 Å². The van der Waals surface area contributed by atoms with Crippen molar-refractivity contribution in [3.05, 3.63) is 84.4 Å². The highest BCUT2D eigenvalue weighted by Crippen LogP contribution is 2.22. The topological polar surface area (TPSA) is 91.2 Å². The van der Waals surface area contributed by atoms with Crippen LogP contribution in [0.25, 0.3) is 11.1 Å². The summed E-state index contributed by atoms with van der Waals surface area (Å²) < 4.78 is 5.46. The third kappa shape index (κ3) is 7.21. The lowest BCUT2D eigenvalue weighted by molar-refractivity contribution is -0.129. The summed E-state index contributed by atoms with van der Waals surface area (Å²) in [5.41, 5.74) is 7.31. The van der Waals surface area contributed by atoms with Gasteiger partial charge in [-0.1, -0.05) is 42.5 Å². The van der Waals surface area contributed by atoms with E-state index >= 15 is 0 Å². The number of nitriles is 1. The number of rotatable bonds is 8. The standard InChI is InChI=1S/C24H21N3O3S/c25-16-18-6-8-19(9-7-18)20-10-12-21(13-11-20)30-17-24(29)27-26-23(28)14-15-31-22-4-2-1-3-5-22/h1-13H,14-15,17H2,(H,26,28)(H,27,29). The Morgan fingerprint density at radius 3 is 2.10 bits per heavy atom. The fraction of sp³-hybridized carbons (Fsp3) is 0.125. The Hall–Kier alpha value is -3.76. The van der Waals surface area contributed by atoms with Crippen LogP contribution in [-0.2, 0) is 9.59 Å². The molecule has 0 saturated carbocycles. The minimum absolute atomic E-state index is 0.213. The van der Waals surface area contributed by atoms with Gasteiger partial charge in [0.05, 0.1) is 11.6 Å². The number of nitrogens with zero attached hydrogens (tertiary/aromatic N) is 1. The zero-order valence-electron chi connectivity index (χ0n) is 16.7. The van der Waals surface area contributed by atoms with Gasteiger partial charge in [0.25, 0.3) is 5.91 Å². The normalized spacial score (nSPS) is 10.0. The molecule has 0 atom stereocenters. The van der Waals surface area contributed by atoms with Crippen molar-refractivity contribution < 1.29 is 14.3 Å². The minimum atomic E-state index is -0.444. The first-order chi connectivity index (χ1) is 15.1.